The van der Waals surface area contributed by atoms with Crippen molar-refractivity contribution in [3.63, 3.8) is 0 Å². The molecule has 0 aliphatic carbocycles. The molecule has 18 heavy (non-hydrogen) atoms. The lowest BCUT2D eigenvalue weighted by Crippen LogP contribution is -1.88. The van der Waals surface area contributed by atoms with Gasteiger partial charge in [-0.25, -0.2) is 0 Å². The molecule has 0 saturated heterocycles. The average molecular weight is 543 g/mol. The van der Waals surface area contributed by atoms with Gasteiger partial charge >= 0.3 is 0 Å². The van der Waals surface area contributed by atoms with Gasteiger partial charge < -0.3 is 0 Å². The third-order valence-electron chi connectivity index (χ3n) is 0.765. The molecule has 110 valence electrons. The molecule has 0 heterocycles. The standard InChI is InChI=1S/C2H6S16/c1-2-18(4,5)17-16-15-14-13-12-11-10-9-8-7-6-3/h3H,2H2,1H3. The lowest BCUT2D eigenvalue weighted by atomic mass is 11.0. The molecule has 0 spiro atoms. The maximum Gasteiger partial charge on any atom is 0.00918 e. The summed E-state index contributed by atoms with van der Waals surface area (Å²) in [6, 6.07) is 0. The minimum atomic E-state index is -1.26. The van der Waals surface area contributed by atoms with Crippen LogP contribution in [-0.4, -0.2) is 5.75 Å². The van der Waals surface area contributed by atoms with Gasteiger partial charge in [0.25, 0.3) is 0 Å². The van der Waals surface area contributed by atoms with Gasteiger partial charge in [-0.15, -0.1) is 0 Å². The van der Waals surface area contributed by atoms with Crippen molar-refractivity contribution < 1.29 is 0 Å². The summed E-state index contributed by atoms with van der Waals surface area (Å²) in [5, 5.41) is 0. The molecule has 0 saturated carbocycles. The van der Waals surface area contributed by atoms with Crippen LogP contribution in [0.5, 0.6) is 0 Å². The fraction of sp³-hybridized carbons (Fsp3) is 1.00. The van der Waals surface area contributed by atoms with Crippen molar-refractivity contribution in [1.29, 1.82) is 0 Å². The Kier molecular flexibility index (Phi) is 22.3. The van der Waals surface area contributed by atoms with Gasteiger partial charge in [-0.1, -0.05) is 18.6 Å². The number of thiol groups is 1. The first-order valence-corrected chi connectivity index (χ1v) is 24.2. The van der Waals surface area contributed by atoms with E-state index in [-0.39, 0.29) is 0 Å². The summed E-state index contributed by atoms with van der Waals surface area (Å²) in [6.45, 7) is 2.07. The Morgan fingerprint density at radius 3 is 1.56 bits per heavy atom. The molecule has 0 aromatic heterocycles. The van der Waals surface area contributed by atoms with Gasteiger partial charge in [-0.3, -0.25) is 0 Å². The van der Waals surface area contributed by atoms with Crippen LogP contribution in [0.2, 0.25) is 0 Å². The second-order valence-electron chi connectivity index (χ2n) is 1.67. The highest BCUT2D eigenvalue weighted by Crippen LogP contribution is 2.62. The summed E-state index contributed by atoms with van der Waals surface area (Å²) in [4.78, 5) is 0. The van der Waals surface area contributed by atoms with E-state index in [4.69, 9.17) is 22.4 Å². The predicted molar refractivity (Wildman–Crippen MR) is 133 cm³/mol. The first kappa shape index (κ1) is 23.3. The van der Waals surface area contributed by atoms with Crippen LogP contribution in [0.3, 0.4) is 0 Å². The van der Waals surface area contributed by atoms with E-state index < -0.39 is 6.18 Å². The molecular weight excluding hydrogens is 537 g/mol. The molecule has 0 aliphatic rings. The monoisotopic (exact) mass is 542 g/mol. The summed E-state index contributed by atoms with van der Waals surface area (Å²) in [5.41, 5.74) is 0. The Labute approximate surface area is 167 Å². The van der Waals surface area contributed by atoms with Crippen molar-refractivity contribution in [2.24, 2.45) is 0 Å². The van der Waals surface area contributed by atoms with Gasteiger partial charge in [0.2, 0.25) is 0 Å². The van der Waals surface area contributed by atoms with Crippen LogP contribution < -0.4 is 0 Å². The fourth-order valence-electron chi connectivity index (χ4n) is 0.205. The highest BCUT2D eigenvalue weighted by molar-refractivity contribution is 9.56. The van der Waals surface area contributed by atoms with Crippen molar-refractivity contribution in [3.05, 3.63) is 0 Å². The number of hydrogen-bond donors (Lipinski definition) is 1. The maximum atomic E-state index is 5.30. The van der Waals surface area contributed by atoms with E-state index in [2.05, 4.69) is 18.6 Å². The molecule has 0 amide bonds. The van der Waals surface area contributed by atoms with Crippen LogP contribution in [0.4, 0.5) is 0 Å². The zero-order chi connectivity index (χ0) is 13.7. The fourth-order valence-corrected chi connectivity index (χ4v) is 36.2. The smallest absolute Gasteiger partial charge is 0.00918 e. The van der Waals surface area contributed by atoms with Gasteiger partial charge in [0.05, 0.1) is 0 Å². The molecule has 0 aliphatic heterocycles. The maximum absolute atomic E-state index is 5.30. The van der Waals surface area contributed by atoms with E-state index in [1.165, 1.54) is 9.83 Å². The van der Waals surface area contributed by atoms with Gasteiger partial charge in [-0.05, 0) is 146 Å². The van der Waals surface area contributed by atoms with Crippen molar-refractivity contribution in [1.82, 2.24) is 0 Å². The van der Waals surface area contributed by atoms with Gasteiger partial charge in [0, 0.05) is 5.75 Å². The summed E-state index contributed by atoms with van der Waals surface area (Å²) in [6.07, 6.45) is -1.26. The first-order valence-electron chi connectivity index (χ1n) is 3.51. The Morgan fingerprint density at radius 2 is 1.17 bits per heavy atom. The molecule has 0 radical (unpaired) electrons. The predicted octanol–water partition coefficient (Wildman–Crippen LogP) is 8.71. The van der Waals surface area contributed by atoms with Gasteiger partial charge in [0.15, 0.2) is 0 Å². The zero-order valence-corrected chi connectivity index (χ0v) is 21.4. The molecule has 0 aromatic carbocycles. The summed E-state index contributed by atoms with van der Waals surface area (Å²) < 4.78 is 0. The molecular formula is C2H6S16. The van der Waals surface area contributed by atoms with Crippen molar-refractivity contribution >= 4 is 158 Å². The lowest BCUT2D eigenvalue weighted by Gasteiger charge is -2.03. The Hall–Kier alpha value is 5.34. The summed E-state index contributed by atoms with van der Waals surface area (Å²) in [5.74, 6) is 0.923. The molecule has 0 unspecified atom stereocenters. The molecule has 0 nitrogen and oxygen atoms in total. The van der Waals surface area contributed by atoms with Crippen molar-refractivity contribution in [2.45, 2.75) is 6.92 Å². The molecule has 0 N–H and O–H groups in total. The van der Waals surface area contributed by atoms with E-state index in [0.29, 0.717) is 0 Å². The summed E-state index contributed by atoms with van der Waals surface area (Å²) in [7, 11) is 20.6. The Balaban J connectivity index is 3.12. The molecule has 0 aromatic rings. The van der Waals surface area contributed by atoms with E-state index in [0.717, 1.165) is 5.75 Å². The highest BCUT2D eigenvalue weighted by Gasteiger charge is 2.02. The van der Waals surface area contributed by atoms with Crippen LogP contribution >= 0.6 is 130 Å². The molecule has 0 atom stereocenters. The lowest BCUT2D eigenvalue weighted by molar-refractivity contribution is 1.54. The topological polar surface area (TPSA) is 0 Å². The van der Waals surface area contributed by atoms with E-state index >= 15 is 0 Å². The number of hydrogen-bond acceptors (Lipinski definition) is 15. The molecule has 0 rings (SSSR count). The van der Waals surface area contributed by atoms with Crippen LogP contribution in [0.25, 0.3) is 0 Å². The molecule has 0 fully saturated rings. The van der Waals surface area contributed by atoms with E-state index in [1.807, 2.05) is 0 Å². The van der Waals surface area contributed by atoms with Crippen LogP contribution in [0, 0.1) is 0 Å². The second-order valence-corrected chi connectivity index (χ2v) is 31.8. The Bertz CT molecular complexity index is 252. The average Bonchev–Trinajstić information content (AvgIpc) is 2.36. The summed E-state index contributed by atoms with van der Waals surface area (Å²) >= 11 is 14.6. The molecule has 16 heteroatoms. The normalized spacial score (nSPS) is 11.9. The van der Waals surface area contributed by atoms with Crippen LogP contribution in [0.15, 0.2) is 0 Å². The van der Waals surface area contributed by atoms with Crippen molar-refractivity contribution in [2.75, 3.05) is 5.75 Å². The van der Waals surface area contributed by atoms with E-state index in [9.17, 15) is 0 Å². The highest BCUT2D eigenvalue weighted by atomic mass is 34.0. The zero-order valence-electron chi connectivity index (χ0n) is 8.28. The minimum absolute atomic E-state index is 0.923. The minimum Gasteiger partial charge on any atom is -0.0988 e. The largest absolute Gasteiger partial charge is 0.0988 e. The van der Waals surface area contributed by atoms with Crippen LogP contribution in [-0.2, 0) is 28.6 Å². The van der Waals surface area contributed by atoms with Crippen LogP contribution in [0.1, 0.15) is 6.92 Å². The second kappa shape index (κ2) is 17.2. The third kappa shape index (κ3) is 17.7. The SMILES string of the molecule is CCS(=S)(=S)SSSSSSSSSSSSS. The van der Waals surface area contributed by atoms with Gasteiger partial charge in [-0.2, -0.15) is 0 Å². The molecule has 0 bridgehead atoms. The third-order valence-corrected chi connectivity index (χ3v) is 33.9. The first-order chi connectivity index (χ1) is 8.62. The van der Waals surface area contributed by atoms with E-state index in [1.54, 1.807) is 108 Å². The van der Waals surface area contributed by atoms with Crippen molar-refractivity contribution in [3.8, 4) is 0 Å². The number of rotatable bonds is 13. The van der Waals surface area contributed by atoms with Gasteiger partial charge in [0.1, 0.15) is 0 Å². The quantitative estimate of drug-likeness (QED) is 0.134. The Morgan fingerprint density at radius 1 is 0.778 bits per heavy atom.